The molecule has 1 aromatic heterocycles. The first-order chi connectivity index (χ1) is 10.7. The number of rotatable bonds is 2. The van der Waals surface area contributed by atoms with Crippen LogP contribution in [0.15, 0.2) is 42.7 Å². The Balaban J connectivity index is 1.64. The molecule has 1 atom stereocenters. The minimum atomic E-state index is 0.314. The Kier molecular flexibility index (Phi) is 3.12. The number of nitrogens with two attached hydrogens (primary N) is 1. The second-order valence-corrected chi connectivity index (χ2v) is 6.10. The van der Waals surface area contributed by atoms with Gasteiger partial charge in [0.25, 0.3) is 0 Å². The van der Waals surface area contributed by atoms with E-state index in [9.17, 15) is 0 Å². The van der Waals surface area contributed by atoms with Gasteiger partial charge < -0.3 is 11.1 Å². The Morgan fingerprint density at radius 3 is 2.82 bits per heavy atom. The van der Waals surface area contributed by atoms with Crippen molar-refractivity contribution in [2.75, 3.05) is 11.1 Å². The van der Waals surface area contributed by atoms with Gasteiger partial charge in [-0.05, 0) is 54.3 Å². The first kappa shape index (κ1) is 13.3. The Bertz CT molecular complexity index is 862. The number of nitrogens with one attached hydrogen (secondary N) is 1. The molecule has 1 heterocycles. The van der Waals surface area contributed by atoms with Gasteiger partial charge in [-0.15, -0.1) is 0 Å². The Morgan fingerprint density at radius 1 is 1.05 bits per heavy atom. The van der Waals surface area contributed by atoms with Gasteiger partial charge in [0.2, 0.25) is 0 Å². The van der Waals surface area contributed by atoms with E-state index in [1.807, 2.05) is 24.3 Å². The zero-order valence-corrected chi connectivity index (χ0v) is 12.6. The first-order valence-corrected chi connectivity index (χ1v) is 7.61. The summed E-state index contributed by atoms with van der Waals surface area (Å²) in [5.74, 6) is 0.832. The standard InChI is InChI=1S/C17H15ClN4/c18-12-2-4-16-15(8-12)17(21-9-20-16)22-14-6-10-1-3-13(19)5-11(10)7-14/h1-5,8-9,14H,6-7,19H2,(H,20,21,22). The highest BCUT2D eigenvalue weighted by Crippen LogP contribution is 2.28. The van der Waals surface area contributed by atoms with E-state index in [1.54, 1.807) is 6.33 Å². The van der Waals surface area contributed by atoms with Crippen LogP contribution in [0.2, 0.25) is 5.02 Å². The SMILES string of the molecule is Nc1ccc2c(c1)CC(Nc1ncnc3ccc(Cl)cc13)C2. The summed E-state index contributed by atoms with van der Waals surface area (Å²) in [7, 11) is 0. The van der Waals surface area contributed by atoms with Gasteiger partial charge in [0, 0.05) is 22.1 Å². The molecule has 4 nitrogen and oxygen atoms in total. The van der Waals surface area contributed by atoms with Crippen LogP contribution >= 0.6 is 11.6 Å². The minimum absolute atomic E-state index is 0.314. The average molecular weight is 311 g/mol. The molecule has 2 aromatic carbocycles. The topological polar surface area (TPSA) is 63.8 Å². The maximum Gasteiger partial charge on any atom is 0.137 e. The van der Waals surface area contributed by atoms with Gasteiger partial charge >= 0.3 is 0 Å². The first-order valence-electron chi connectivity index (χ1n) is 7.23. The maximum absolute atomic E-state index is 6.10. The Morgan fingerprint density at radius 2 is 1.91 bits per heavy atom. The lowest BCUT2D eigenvalue weighted by molar-refractivity contribution is 0.770. The van der Waals surface area contributed by atoms with Crippen molar-refractivity contribution in [3.8, 4) is 0 Å². The summed E-state index contributed by atoms with van der Waals surface area (Å²) in [6.07, 6.45) is 3.51. The molecular formula is C17H15ClN4. The zero-order valence-electron chi connectivity index (χ0n) is 11.9. The molecule has 0 fully saturated rings. The van der Waals surface area contributed by atoms with Crippen LogP contribution in [0.3, 0.4) is 0 Å². The number of hydrogen-bond acceptors (Lipinski definition) is 4. The van der Waals surface area contributed by atoms with E-state index in [-0.39, 0.29) is 0 Å². The monoisotopic (exact) mass is 310 g/mol. The lowest BCUT2D eigenvalue weighted by Crippen LogP contribution is -2.20. The normalized spacial score (nSPS) is 16.7. The molecular weight excluding hydrogens is 296 g/mol. The van der Waals surface area contributed by atoms with Crippen LogP contribution in [0.1, 0.15) is 11.1 Å². The predicted octanol–water partition coefficient (Wildman–Crippen LogP) is 3.44. The molecule has 3 aromatic rings. The summed E-state index contributed by atoms with van der Waals surface area (Å²) in [6, 6.07) is 12.1. The Hall–Kier alpha value is -2.33. The van der Waals surface area contributed by atoms with Gasteiger partial charge in [-0.2, -0.15) is 0 Å². The molecule has 0 amide bonds. The smallest absolute Gasteiger partial charge is 0.137 e. The lowest BCUT2D eigenvalue weighted by atomic mass is 10.1. The third-order valence-electron chi connectivity index (χ3n) is 4.10. The van der Waals surface area contributed by atoms with Crippen LogP contribution in [-0.4, -0.2) is 16.0 Å². The van der Waals surface area contributed by atoms with Crippen molar-refractivity contribution in [1.29, 1.82) is 0 Å². The number of nitrogens with zero attached hydrogens (tertiary/aromatic N) is 2. The molecule has 0 bridgehead atoms. The predicted molar refractivity (Wildman–Crippen MR) is 90.2 cm³/mol. The second kappa shape index (κ2) is 5.14. The minimum Gasteiger partial charge on any atom is -0.399 e. The van der Waals surface area contributed by atoms with Crippen molar-refractivity contribution >= 4 is 34.0 Å². The molecule has 0 saturated carbocycles. The van der Waals surface area contributed by atoms with Gasteiger partial charge in [0.1, 0.15) is 12.1 Å². The highest BCUT2D eigenvalue weighted by atomic mass is 35.5. The summed E-state index contributed by atoms with van der Waals surface area (Å²) in [4.78, 5) is 8.67. The number of halogens is 1. The van der Waals surface area contributed by atoms with Crippen LogP contribution < -0.4 is 11.1 Å². The second-order valence-electron chi connectivity index (χ2n) is 5.66. The van der Waals surface area contributed by atoms with Crippen LogP contribution in [0.25, 0.3) is 10.9 Å². The molecule has 0 radical (unpaired) electrons. The highest BCUT2D eigenvalue weighted by molar-refractivity contribution is 6.31. The van der Waals surface area contributed by atoms with Crippen molar-refractivity contribution in [2.24, 2.45) is 0 Å². The van der Waals surface area contributed by atoms with Crippen molar-refractivity contribution in [3.63, 3.8) is 0 Å². The molecule has 0 spiro atoms. The molecule has 1 unspecified atom stereocenters. The van der Waals surface area contributed by atoms with E-state index in [4.69, 9.17) is 17.3 Å². The fourth-order valence-corrected chi connectivity index (χ4v) is 3.25. The van der Waals surface area contributed by atoms with Crippen LogP contribution in [0.5, 0.6) is 0 Å². The lowest BCUT2D eigenvalue weighted by Gasteiger charge is -2.14. The van der Waals surface area contributed by atoms with E-state index >= 15 is 0 Å². The van der Waals surface area contributed by atoms with E-state index in [2.05, 4.69) is 27.4 Å². The van der Waals surface area contributed by atoms with Crippen LogP contribution in [-0.2, 0) is 12.8 Å². The maximum atomic E-state index is 6.10. The Labute approximate surface area is 133 Å². The van der Waals surface area contributed by atoms with E-state index in [0.29, 0.717) is 11.1 Å². The third-order valence-corrected chi connectivity index (χ3v) is 4.34. The molecule has 22 heavy (non-hydrogen) atoms. The van der Waals surface area contributed by atoms with Gasteiger partial charge in [-0.1, -0.05) is 17.7 Å². The van der Waals surface area contributed by atoms with E-state index in [1.165, 1.54) is 11.1 Å². The number of anilines is 2. The fraction of sp³-hybridized carbons (Fsp3) is 0.176. The van der Waals surface area contributed by atoms with E-state index in [0.717, 1.165) is 35.2 Å². The van der Waals surface area contributed by atoms with Gasteiger partial charge in [-0.25, -0.2) is 9.97 Å². The molecule has 1 aliphatic rings. The van der Waals surface area contributed by atoms with Gasteiger partial charge in [0.15, 0.2) is 0 Å². The summed E-state index contributed by atoms with van der Waals surface area (Å²) < 4.78 is 0. The summed E-state index contributed by atoms with van der Waals surface area (Å²) >= 11 is 6.10. The number of hydrogen-bond donors (Lipinski definition) is 2. The van der Waals surface area contributed by atoms with Gasteiger partial charge in [-0.3, -0.25) is 0 Å². The number of nitrogen functional groups attached to an aromatic ring is 1. The van der Waals surface area contributed by atoms with Crippen molar-refractivity contribution in [1.82, 2.24) is 9.97 Å². The molecule has 4 rings (SSSR count). The molecule has 0 aliphatic heterocycles. The molecule has 5 heteroatoms. The van der Waals surface area contributed by atoms with E-state index < -0.39 is 0 Å². The van der Waals surface area contributed by atoms with Gasteiger partial charge in [0.05, 0.1) is 5.52 Å². The third kappa shape index (κ3) is 2.35. The summed E-state index contributed by atoms with van der Waals surface area (Å²) in [6.45, 7) is 0. The largest absolute Gasteiger partial charge is 0.399 e. The van der Waals surface area contributed by atoms with Crippen LogP contribution in [0, 0.1) is 0 Å². The number of fused-ring (bicyclic) bond motifs is 2. The molecule has 3 N–H and O–H groups in total. The van der Waals surface area contributed by atoms with Crippen LogP contribution in [0.4, 0.5) is 11.5 Å². The quantitative estimate of drug-likeness (QED) is 0.712. The molecule has 1 aliphatic carbocycles. The van der Waals surface area contributed by atoms with Crippen molar-refractivity contribution in [3.05, 3.63) is 58.9 Å². The fourth-order valence-electron chi connectivity index (χ4n) is 3.08. The zero-order chi connectivity index (χ0) is 15.1. The van der Waals surface area contributed by atoms with Crippen molar-refractivity contribution < 1.29 is 0 Å². The van der Waals surface area contributed by atoms with Crippen molar-refractivity contribution in [2.45, 2.75) is 18.9 Å². The number of aromatic nitrogens is 2. The summed E-state index contributed by atoms with van der Waals surface area (Å²) in [5, 5.41) is 5.16. The number of benzene rings is 2. The average Bonchev–Trinajstić information content (AvgIpc) is 2.89. The molecule has 0 saturated heterocycles. The molecule has 110 valence electrons. The highest BCUT2D eigenvalue weighted by Gasteiger charge is 2.22. The summed E-state index contributed by atoms with van der Waals surface area (Å²) in [5.41, 5.74) is 10.2.